The van der Waals surface area contributed by atoms with Gasteiger partial charge in [-0.05, 0) is 24.6 Å². The summed E-state index contributed by atoms with van der Waals surface area (Å²) >= 11 is 12.1. The molecule has 3 rings (SSSR count). The van der Waals surface area contributed by atoms with E-state index in [0.717, 1.165) is 41.9 Å². The van der Waals surface area contributed by atoms with E-state index in [2.05, 4.69) is 14.6 Å². The monoisotopic (exact) mass is 322 g/mol. The van der Waals surface area contributed by atoms with Gasteiger partial charge in [-0.2, -0.15) is 5.10 Å². The van der Waals surface area contributed by atoms with Crippen molar-refractivity contribution in [2.45, 2.75) is 26.4 Å². The van der Waals surface area contributed by atoms with Crippen LogP contribution in [0.2, 0.25) is 5.02 Å². The number of imidazole rings is 1. The van der Waals surface area contributed by atoms with Gasteiger partial charge in [-0.25, -0.2) is 4.98 Å². The Morgan fingerprint density at radius 2 is 2.10 bits per heavy atom. The number of para-hydroxylation sites is 1. The lowest BCUT2D eigenvalue weighted by Gasteiger charge is -2.08. The van der Waals surface area contributed by atoms with Crippen molar-refractivity contribution >= 4 is 34.2 Å². The molecule has 2 heterocycles. The normalized spacial score (nSPS) is 11.4. The minimum atomic E-state index is 0.543. The molecule has 0 spiro atoms. The Balaban J connectivity index is 1.95. The first kappa shape index (κ1) is 14.4. The molecule has 0 saturated carbocycles. The Kier molecular flexibility index (Phi) is 4.17. The SMILES string of the molecule is Cc1cnn(CCn2c(CCCl)nc3c(Cl)cccc32)c1. The standard InChI is InChI=1S/C15H16Cl2N4/c1-11-9-18-20(10-11)7-8-21-13-4-2-3-12(17)15(13)19-14(21)5-6-16/h2-4,9-10H,5-8H2,1H3. The highest BCUT2D eigenvalue weighted by molar-refractivity contribution is 6.34. The van der Waals surface area contributed by atoms with Crippen molar-refractivity contribution in [2.24, 2.45) is 0 Å². The molecule has 0 radical (unpaired) electrons. The lowest BCUT2D eigenvalue weighted by Crippen LogP contribution is -2.11. The second-order valence-corrected chi connectivity index (χ2v) is 5.79. The number of aromatic nitrogens is 4. The van der Waals surface area contributed by atoms with Crippen LogP contribution in [-0.2, 0) is 19.5 Å². The lowest BCUT2D eigenvalue weighted by atomic mass is 10.3. The number of alkyl halides is 1. The smallest absolute Gasteiger partial charge is 0.111 e. The molecule has 0 saturated heterocycles. The fourth-order valence-electron chi connectivity index (χ4n) is 2.48. The van der Waals surface area contributed by atoms with Gasteiger partial charge in [-0.3, -0.25) is 4.68 Å². The number of aryl methyl sites for hydroxylation is 4. The van der Waals surface area contributed by atoms with Gasteiger partial charge in [0.2, 0.25) is 0 Å². The zero-order valence-corrected chi connectivity index (χ0v) is 13.3. The molecule has 0 bridgehead atoms. The second kappa shape index (κ2) is 6.08. The molecule has 0 aliphatic carbocycles. The molecule has 0 N–H and O–H groups in total. The van der Waals surface area contributed by atoms with Crippen molar-refractivity contribution in [3.8, 4) is 0 Å². The predicted octanol–water partition coefficient (Wildman–Crippen LogP) is 3.68. The third kappa shape index (κ3) is 2.92. The number of fused-ring (bicyclic) bond motifs is 1. The van der Waals surface area contributed by atoms with Crippen molar-refractivity contribution in [2.75, 3.05) is 5.88 Å². The molecule has 0 atom stereocenters. The Morgan fingerprint density at radius 3 is 2.81 bits per heavy atom. The van der Waals surface area contributed by atoms with Gasteiger partial charge in [0.25, 0.3) is 0 Å². The maximum Gasteiger partial charge on any atom is 0.111 e. The summed E-state index contributed by atoms with van der Waals surface area (Å²) in [7, 11) is 0. The largest absolute Gasteiger partial charge is 0.326 e. The van der Waals surface area contributed by atoms with E-state index in [4.69, 9.17) is 23.2 Å². The van der Waals surface area contributed by atoms with Gasteiger partial charge in [0, 0.05) is 25.0 Å². The molecule has 110 valence electrons. The predicted molar refractivity (Wildman–Crippen MR) is 86.1 cm³/mol. The third-order valence-electron chi connectivity index (χ3n) is 3.44. The number of hydrogen-bond acceptors (Lipinski definition) is 2. The Morgan fingerprint density at radius 1 is 1.24 bits per heavy atom. The van der Waals surface area contributed by atoms with Crippen LogP contribution in [0, 0.1) is 6.92 Å². The quantitative estimate of drug-likeness (QED) is 0.672. The molecule has 4 nitrogen and oxygen atoms in total. The topological polar surface area (TPSA) is 35.6 Å². The van der Waals surface area contributed by atoms with E-state index in [1.54, 1.807) is 0 Å². The van der Waals surface area contributed by atoms with E-state index in [1.807, 2.05) is 42.2 Å². The maximum atomic E-state index is 6.24. The van der Waals surface area contributed by atoms with Crippen molar-refractivity contribution in [1.82, 2.24) is 19.3 Å². The summed E-state index contributed by atoms with van der Waals surface area (Å²) in [5.41, 5.74) is 3.05. The average molecular weight is 323 g/mol. The summed E-state index contributed by atoms with van der Waals surface area (Å²) in [4.78, 5) is 4.64. The molecule has 21 heavy (non-hydrogen) atoms. The number of rotatable bonds is 5. The summed E-state index contributed by atoms with van der Waals surface area (Å²) in [6, 6.07) is 5.86. The molecule has 0 aliphatic heterocycles. The van der Waals surface area contributed by atoms with Crippen LogP contribution in [0.15, 0.2) is 30.6 Å². The molecule has 3 aromatic rings. The van der Waals surface area contributed by atoms with Gasteiger partial charge < -0.3 is 4.57 Å². The number of halogens is 2. The van der Waals surface area contributed by atoms with Crippen LogP contribution >= 0.6 is 23.2 Å². The van der Waals surface area contributed by atoms with Gasteiger partial charge in [0.1, 0.15) is 11.3 Å². The molecule has 2 aromatic heterocycles. The van der Waals surface area contributed by atoms with E-state index >= 15 is 0 Å². The Hall–Kier alpha value is -1.52. The van der Waals surface area contributed by atoms with E-state index in [1.165, 1.54) is 0 Å². The fraction of sp³-hybridized carbons (Fsp3) is 0.333. The van der Waals surface area contributed by atoms with Crippen LogP contribution in [0.5, 0.6) is 0 Å². The lowest BCUT2D eigenvalue weighted by molar-refractivity contribution is 0.529. The molecule has 1 aromatic carbocycles. The first-order valence-corrected chi connectivity index (χ1v) is 7.79. The van der Waals surface area contributed by atoms with Gasteiger partial charge in [0.05, 0.1) is 23.3 Å². The highest BCUT2D eigenvalue weighted by Crippen LogP contribution is 2.24. The highest BCUT2D eigenvalue weighted by Gasteiger charge is 2.12. The third-order valence-corrected chi connectivity index (χ3v) is 3.94. The second-order valence-electron chi connectivity index (χ2n) is 5.01. The summed E-state index contributed by atoms with van der Waals surface area (Å²) in [5, 5.41) is 5.00. The van der Waals surface area contributed by atoms with Crippen molar-refractivity contribution < 1.29 is 0 Å². The number of benzene rings is 1. The van der Waals surface area contributed by atoms with Crippen molar-refractivity contribution in [3.05, 3.63) is 47.0 Å². The van der Waals surface area contributed by atoms with Crippen LogP contribution in [0.1, 0.15) is 11.4 Å². The Bertz CT molecular complexity index is 760. The summed E-state index contributed by atoms with van der Waals surface area (Å²) in [5.74, 6) is 1.51. The van der Waals surface area contributed by atoms with Crippen LogP contribution in [0.4, 0.5) is 0 Å². The zero-order valence-electron chi connectivity index (χ0n) is 11.8. The highest BCUT2D eigenvalue weighted by atomic mass is 35.5. The van der Waals surface area contributed by atoms with Crippen LogP contribution < -0.4 is 0 Å². The van der Waals surface area contributed by atoms with Crippen LogP contribution in [-0.4, -0.2) is 25.2 Å². The molecule has 0 fully saturated rings. The molecule has 6 heteroatoms. The van der Waals surface area contributed by atoms with E-state index in [-0.39, 0.29) is 0 Å². The summed E-state index contributed by atoms with van der Waals surface area (Å²) < 4.78 is 4.12. The number of nitrogens with zero attached hydrogens (tertiary/aromatic N) is 4. The van der Waals surface area contributed by atoms with Gasteiger partial charge in [-0.15, -0.1) is 11.6 Å². The fourth-order valence-corrected chi connectivity index (χ4v) is 2.86. The van der Waals surface area contributed by atoms with Gasteiger partial charge in [0.15, 0.2) is 0 Å². The molecule has 0 aliphatic rings. The van der Waals surface area contributed by atoms with E-state index < -0.39 is 0 Å². The van der Waals surface area contributed by atoms with E-state index in [9.17, 15) is 0 Å². The maximum absolute atomic E-state index is 6.24. The first-order valence-electron chi connectivity index (χ1n) is 6.87. The number of hydrogen-bond donors (Lipinski definition) is 0. The Labute approximate surface area is 133 Å². The molecule has 0 amide bonds. The molecule has 0 unspecified atom stereocenters. The van der Waals surface area contributed by atoms with Crippen molar-refractivity contribution in [1.29, 1.82) is 0 Å². The van der Waals surface area contributed by atoms with Gasteiger partial charge >= 0.3 is 0 Å². The molecular weight excluding hydrogens is 307 g/mol. The summed E-state index contributed by atoms with van der Waals surface area (Å²) in [6.45, 7) is 3.63. The van der Waals surface area contributed by atoms with Crippen LogP contribution in [0.3, 0.4) is 0 Å². The van der Waals surface area contributed by atoms with Crippen LogP contribution in [0.25, 0.3) is 11.0 Å². The zero-order chi connectivity index (χ0) is 14.8. The van der Waals surface area contributed by atoms with Crippen molar-refractivity contribution in [3.63, 3.8) is 0 Å². The molecular formula is C15H16Cl2N4. The summed E-state index contributed by atoms with van der Waals surface area (Å²) in [6.07, 6.45) is 4.63. The van der Waals surface area contributed by atoms with Gasteiger partial charge in [-0.1, -0.05) is 17.7 Å². The minimum absolute atomic E-state index is 0.543. The first-order chi connectivity index (χ1) is 10.2. The average Bonchev–Trinajstić information content (AvgIpc) is 3.02. The minimum Gasteiger partial charge on any atom is -0.326 e. The van der Waals surface area contributed by atoms with E-state index in [0.29, 0.717) is 10.9 Å².